The molecule has 0 aliphatic heterocycles. The number of H-pyrrole nitrogens is 5. The Morgan fingerprint density at radius 3 is 1.61 bits per heavy atom. The number of aromatic amines is 5. The van der Waals surface area contributed by atoms with Gasteiger partial charge in [0.05, 0.1) is 105 Å². The maximum absolute atomic E-state index is 12.2. The summed E-state index contributed by atoms with van der Waals surface area (Å²) in [6.07, 6.45) is 22.0. The molecule has 0 saturated carbocycles. The van der Waals surface area contributed by atoms with E-state index in [0.717, 1.165) is 94.6 Å². The quantitative estimate of drug-likeness (QED) is 0.00763. The second kappa shape index (κ2) is 36.8. The van der Waals surface area contributed by atoms with E-state index >= 15 is 0 Å². The predicted molar refractivity (Wildman–Crippen MR) is 338 cm³/mol. The van der Waals surface area contributed by atoms with Gasteiger partial charge >= 0.3 is 17.2 Å². The SMILES string of the molecule is CC(N)=S.CO.COC(=O)C(=O)Cl.COC(=O)C(=O)c1c[nH]c2c(-n3cnc(C)n3)ncc(OC)c12.COc1cnc(-n2cc[n+](C)n2)c2[nH]ccc12.COc1cnc(-n2ncnc2C)c2[nH]ccc12.COc1cnc(Cl)c2[nH]ccc12.Cc1ncn[nH]1.NNC=O. The van der Waals surface area contributed by atoms with Crippen LogP contribution in [0.15, 0.2) is 99.1 Å². The number of pyridine rings is 4. The van der Waals surface area contributed by atoms with Gasteiger partial charge in [-0.25, -0.2) is 55.0 Å². The fourth-order valence-electron chi connectivity index (χ4n) is 7.45. The van der Waals surface area contributed by atoms with E-state index in [1.807, 2.05) is 63.9 Å². The average molecular weight is 1330 g/mol. The summed E-state index contributed by atoms with van der Waals surface area (Å²) in [6.45, 7) is 7.16. The summed E-state index contributed by atoms with van der Waals surface area (Å²) in [4.78, 5) is 93.7. The molecule has 38 heteroatoms. The number of rotatable bonds is 11. The van der Waals surface area contributed by atoms with Gasteiger partial charge in [-0.05, 0) is 57.5 Å². The highest BCUT2D eigenvalue weighted by Gasteiger charge is 2.25. The standard InChI is InChI=1S/C14H13N5O4.C11H11N5O.C11H12N5O.C8H7ClN2O.C3H3ClO3.C3H5N3.C2H5NS.CH4N2O.CH4O/c1-7-17-6-19(18-7)13-11-10(9(22-2)5-16-13)8(4-15-11)12(20)14(21)23-3;1-7-14-6-15-16(7)11-10-8(3-4-12-10)9(17-2)5-13-11;1-15-5-6-16(14-15)11-10-8(3-4-12-10)9(17-2)7-13-11;1-12-6-4-11-8(9)7-5(6)2-3-10-7;1-7-3(6)2(4)5;1-3-4-2-5-6-3;1-2(3)4;2-3-1-4;1-2/h4-6,15H,1-3H3;3-6,12H,1-2H3;3-7,12H,1-2H3;2-4,10H,1H3;1H3;2H,1H3,(H,4,5,6);1H3,(H2,3,4);1H,2H2,(H,3,4);2H,1H3/q;;+1;;;;;;. The number of methoxy groups -OCH3 is 6. The molecule has 11 N–H and O–H groups in total. The molecule has 0 unspecified atom stereocenters. The van der Waals surface area contributed by atoms with Gasteiger partial charge in [0, 0.05) is 48.1 Å². The zero-order valence-corrected chi connectivity index (χ0v) is 53.6. The molecule has 35 nitrogen and oxygen atoms in total. The number of ketones is 1. The monoisotopic (exact) mass is 1330 g/mol. The van der Waals surface area contributed by atoms with Crippen LogP contribution >= 0.6 is 35.4 Å². The molecule has 0 aliphatic carbocycles. The Morgan fingerprint density at radius 2 is 1.20 bits per heavy atom. The molecule has 0 saturated heterocycles. The number of carbonyl (C=O) groups excluding carboxylic acids is 5. The number of ether oxygens (including phenoxy) is 6. The number of fused-ring (bicyclic) bond motifs is 4. The molecule has 0 radical (unpaired) electrons. The lowest BCUT2D eigenvalue weighted by Crippen LogP contribution is -2.30. The summed E-state index contributed by atoms with van der Waals surface area (Å²) in [5.74, 6) is 8.37. The van der Waals surface area contributed by atoms with E-state index in [2.05, 4.69) is 120 Å². The molecule has 486 valence electrons. The molecular weight excluding hydrogens is 1270 g/mol. The Hall–Kier alpha value is -11.3. The lowest BCUT2D eigenvalue weighted by atomic mass is 10.1. The van der Waals surface area contributed by atoms with Crippen molar-refractivity contribution in [2.75, 3.05) is 49.8 Å². The molecular formula is C54H64Cl2N23O12S+. The first-order valence-corrected chi connectivity index (χ1v) is 27.1. The van der Waals surface area contributed by atoms with Crippen LogP contribution in [0.5, 0.6) is 23.0 Å². The minimum atomic E-state index is -1.09. The number of nitrogens with one attached hydrogen (secondary N) is 6. The number of hydrazine groups is 1. The van der Waals surface area contributed by atoms with Crippen LogP contribution in [-0.2, 0) is 35.7 Å². The van der Waals surface area contributed by atoms with E-state index in [0.29, 0.717) is 44.8 Å². The number of Topliss-reactive ketones (excluding diaryl/α,β-unsaturated/α-hetero) is 1. The van der Waals surface area contributed by atoms with Gasteiger partial charge in [-0.3, -0.25) is 24.9 Å². The second-order valence-corrected chi connectivity index (χ2v) is 18.5. The Balaban J connectivity index is 0.000000238. The number of esters is 2. The Kier molecular flexibility index (Phi) is 29.3. The van der Waals surface area contributed by atoms with Crippen molar-refractivity contribution >= 4 is 113 Å². The fraction of sp³-hybridized carbons (Fsp3) is 0.222. The molecule has 1 amide bonds. The van der Waals surface area contributed by atoms with Gasteiger partial charge < -0.3 is 59.2 Å². The minimum Gasteiger partial charge on any atom is -0.494 e. The largest absolute Gasteiger partial charge is 0.494 e. The van der Waals surface area contributed by atoms with Crippen molar-refractivity contribution in [2.45, 2.75) is 27.7 Å². The van der Waals surface area contributed by atoms with Crippen molar-refractivity contribution < 1.29 is 62.2 Å². The summed E-state index contributed by atoms with van der Waals surface area (Å²) < 4.78 is 35.9. The number of aryl methyl sites for hydroxylation is 4. The molecule has 0 fully saturated rings. The number of carbonyl (C=O) groups is 5. The summed E-state index contributed by atoms with van der Waals surface area (Å²) in [5.41, 5.74) is 9.85. The van der Waals surface area contributed by atoms with Crippen molar-refractivity contribution in [1.29, 1.82) is 0 Å². The highest BCUT2D eigenvalue weighted by Crippen LogP contribution is 2.33. The number of thiocarbonyl (C=S) groups is 1. The zero-order chi connectivity index (χ0) is 68.0. The third-order valence-electron chi connectivity index (χ3n) is 11.3. The highest BCUT2D eigenvalue weighted by molar-refractivity contribution is 7.80. The van der Waals surface area contributed by atoms with Crippen LogP contribution in [0.2, 0.25) is 5.15 Å². The minimum absolute atomic E-state index is 0.143. The first kappa shape index (κ1) is 73.1. The number of amides is 1. The van der Waals surface area contributed by atoms with Gasteiger partial charge in [0.15, 0.2) is 29.2 Å². The Morgan fingerprint density at radius 1 is 0.696 bits per heavy atom. The topological polar surface area (TPSA) is 464 Å². The number of nitrogens with two attached hydrogens (primary N) is 2. The van der Waals surface area contributed by atoms with Gasteiger partial charge in [0.1, 0.15) is 72.0 Å². The molecule has 0 bridgehead atoms. The van der Waals surface area contributed by atoms with Crippen molar-refractivity contribution in [2.24, 2.45) is 18.6 Å². The zero-order valence-electron chi connectivity index (χ0n) is 51.3. The molecule has 92 heavy (non-hydrogen) atoms. The van der Waals surface area contributed by atoms with Crippen molar-refractivity contribution in [3.8, 4) is 40.5 Å². The Bertz CT molecular complexity index is 4320. The number of nitrogens with zero attached hydrogens (tertiary/aromatic N) is 15. The fourth-order valence-corrected chi connectivity index (χ4v) is 7.73. The van der Waals surface area contributed by atoms with Crippen molar-refractivity contribution in [1.82, 2.24) is 99.9 Å². The molecule has 0 aliphatic rings. The van der Waals surface area contributed by atoms with Crippen LogP contribution in [0.1, 0.15) is 34.8 Å². The Labute approximate surface area is 537 Å². The summed E-state index contributed by atoms with van der Waals surface area (Å²) in [7, 11) is 11.4. The van der Waals surface area contributed by atoms with Gasteiger partial charge in [0.25, 0.3) is 11.6 Å². The molecule has 12 rings (SSSR count). The van der Waals surface area contributed by atoms with E-state index < -0.39 is 23.0 Å². The van der Waals surface area contributed by atoms with E-state index in [1.165, 1.54) is 43.2 Å². The van der Waals surface area contributed by atoms with Gasteiger partial charge in [-0.15, -0.1) is 4.68 Å². The molecule has 0 aromatic carbocycles. The summed E-state index contributed by atoms with van der Waals surface area (Å²) in [5, 5.41) is 28.6. The molecule has 0 atom stereocenters. The van der Waals surface area contributed by atoms with E-state index in [4.69, 9.17) is 46.2 Å². The lowest BCUT2D eigenvalue weighted by molar-refractivity contribution is -0.731. The van der Waals surface area contributed by atoms with Crippen molar-refractivity contribution in [3.63, 3.8) is 0 Å². The van der Waals surface area contributed by atoms with Crippen LogP contribution in [-0.4, -0.2) is 184 Å². The van der Waals surface area contributed by atoms with Crippen LogP contribution < -0.4 is 40.6 Å². The summed E-state index contributed by atoms with van der Waals surface area (Å²) in [6, 6.07) is 5.82. The molecule has 0 spiro atoms. The number of hydrogen-bond donors (Lipinski definition) is 9. The second-order valence-electron chi connectivity index (χ2n) is 17.1. The van der Waals surface area contributed by atoms with Crippen LogP contribution in [0.3, 0.4) is 0 Å². The van der Waals surface area contributed by atoms with Crippen LogP contribution in [0.4, 0.5) is 0 Å². The third kappa shape index (κ3) is 19.6. The lowest BCUT2D eigenvalue weighted by Gasteiger charge is -2.07. The van der Waals surface area contributed by atoms with E-state index in [-0.39, 0.29) is 5.56 Å². The number of aliphatic hydroxyl groups is 1. The first-order chi connectivity index (χ1) is 44.2. The number of aromatic nitrogens is 20. The van der Waals surface area contributed by atoms with E-state index in [1.54, 1.807) is 79.4 Å². The smallest absolute Gasteiger partial charge is 0.391 e. The van der Waals surface area contributed by atoms with Crippen LogP contribution in [0, 0.1) is 20.8 Å². The molecule has 12 aromatic rings. The number of halogens is 2. The third-order valence-corrected chi connectivity index (χ3v) is 11.8. The average Bonchev–Trinajstić information content (AvgIpc) is 1.59. The maximum atomic E-state index is 12.2. The van der Waals surface area contributed by atoms with Gasteiger partial charge in [-0.1, -0.05) is 28.5 Å². The number of aliphatic hydroxyl groups excluding tert-OH is 1. The highest BCUT2D eigenvalue weighted by atomic mass is 35.5. The molecule has 12 aromatic heterocycles. The van der Waals surface area contributed by atoms with Gasteiger partial charge in [-0.2, -0.15) is 20.0 Å². The molecule has 12 heterocycles. The summed E-state index contributed by atoms with van der Waals surface area (Å²) >= 11 is 14.8. The number of hydrogen-bond acceptors (Lipinski definition) is 25. The predicted octanol–water partition coefficient (Wildman–Crippen LogP) is 3.63. The van der Waals surface area contributed by atoms with E-state index in [9.17, 15) is 19.2 Å². The first-order valence-electron chi connectivity index (χ1n) is 25.9. The normalized spacial score (nSPS) is 9.83. The maximum Gasteiger partial charge on any atom is 0.391 e. The van der Waals surface area contributed by atoms with Gasteiger partial charge in [0.2, 0.25) is 6.41 Å². The van der Waals surface area contributed by atoms with Crippen molar-refractivity contribution in [3.05, 3.63) is 127 Å². The van der Waals surface area contributed by atoms with Crippen LogP contribution in [0.25, 0.3) is 61.1 Å².